The van der Waals surface area contributed by atoms with E-state index in [9.17, 15) is 23.1 Å². The highest BCUT2D eigenvalue weighted by Crippen LogP contribution is 2.38. The highest BCUT2D eigenvalue weighted by atomic mass is 19.4. The lowest BCUT2D eigenvalue weighted by Gasteiger charge is -2.32. The second-order valence-electron chi connectivity index (χ2n) is 5.88. The third-order valence-corrected chi connectivity index (χ3v) is 4.43. The number of carboxylic acid groups (broad SMARTS) is 1. The highest BCUT2D eigenvalue weighted by Gasteiger charge is 2.36. The van der Waals surface area contributed by atoms with Crippen molar-refractivity contribution < 1.29 is 27.8 Å². The number of alkyl halides is 3. The summed E-state index contributed by atoms with van der Waals surface area (Å²) < 4.78 is 44.3. The van der Waals surface area contributed by atoms with Gasteiger partial charge in [0.2, 0.25) is 0 Å². The Labute approximate surface area is 132 Å². The number of halogens is 3. The van der Waals surface area contributed by atoms with Crippen LogP contribution in [0.2, 0.25) is 0 Å². The number of aromatic nitrogens is 1. The minimum Gasteiger partial charge on any atom is -0.490 e. The van der Waals surface area contributed by atoms with Gasteiger partial charge in [-0.3, -0.25) is 9.78 Å². The van der Waals surface area contributed by atoms with Crippen molar-refractivity contribution in [2.24, 2.45) is 11.8 Å². The summed E-state index contributed by atoms with van der Waals surface area (Å²) in [7, 11) is 0. The number of pyridine rings is 1. The molecule has 128 valence electrons. The summed E-state index contributed by atoms with van der Waals surface area (Å²) in [5.41, 5.74) is -0.876. The molecule has 1 aliphatic rings. The summed E-state index contributed by atoms with van der Waals surface area (Å²) in [6, 6.07) is 1.22. The molecule has 1 atom stereocenters. The Balaban J connectivity index is 1.99. The molecule has 1 N–H and O–H groups in total. The van der Waals surface area contributed by atoms with E-state index in [1.54, 1.807) is 0 Å². The first-order valence-corrected chi connectivity index (χ1v) is 7.73. The molecule has 0 unspecified atom stereocenters. The van der Waals surface area contributed by atoms with Crippen molar-refractivity contribution in [1.29, 1.82) is 0 Å². The molecule has 0 radical (unpaired) electrons. The van der Waals surface area contributed by atoms with Gasteiger partial charge in [0.25, 0.3) is 0 Å². The van der Waals surface area contributed by atoms with Crippen LogP contribution in [0.1, 0.15) is 44.6 Å². The first-order chi connectivity index (χ1) is 10.8. The molecule has 7 heteroatoms. The Morgan fingerprint density at radius 1 is 1.39 bits per heavy atom. The lowest BCUT2D eigenvalue weighted by atomic mass is 9.78. The third kappa shape index (κ3) is 4.36. The molecule has 0 spiro atoms. The predicted molar refractivity (Wildman–Crippen MR) is 77.0 cm³/mol. The van der Waals surface area contributed by atoms with Crippen molar-refractivity contribution in [3.05, 3.63) is 24.0 Å². The molecule has 0 aromatic carbocycles. The van der Waals surface area contributed by atoms with E-state index in [4.69, 9.17) is 4.74 Å². The van der Waals surface area contributed by atoms with E-state index in [-0.39, 0.29) is 23.7 Å². The Morgan fingerprint density at radius 2 is 2.04 bits per heavy atom. The molecule has 1 heterocycles. The molecule has 4 nitrogen and oxygen atoms in total. The van der Waals surface area contributed by atoms with Crippen LogP contribution in [-0.4, -0.2) is 22.2 Å². The normalized spacial score (nSPS) is 23.3. The van der Waals surface area contributed by atoms with Crippen LogP contribution in [0.4, 0.5) is 13.2 Å². The largest absolute Gasteiger partial charge is 0.490 e. The molecule has 0 amide bonds. The van der Waals surface area contributed by atoms with E-state index >= 15 is 0 Å². The molecule has 1 aliphatic carbocycles. The molecular formula is C16H20F3NO3. The number of aliphatic carboxylic acids is 1. The Hall–Kier alpha value is -1.79. The van der Waals surface area contributed by atoms with Crippen molar-refractivity contribution in [3.63, 3.8) is 0 Å². The number of ether oxygens (including phenoxy) is 1. The summed E-state index contributed by atoms with van der Waals surface area (Å²) in [5.74, 6) is -1.33. The molecule has 1 aromatic heterocycles. The number of hydrogen-bond acceptors (Lipinski definition) is 3. The highest BCUT2D eigenvalue weighted by molar-refractivity contribution is 5.70. The zero-order valence-corrected chi connectivity index (χ0v) is 12.8. The molecule has 1 saturated carbocycles. The van der Waals surface area contributed by atoms with E-state index in [0.29, 0.717) is 32.1 Å². The fraction of sp³-hybridized carbons (Fsp3) is 0.625. The van der Waals surface area contributed by atoms with E-state index in [1.807, 2.05) is 6.92 Å². The van der Waals surface area contributed by atoms with Crippen molar-refractivity contribution in [1.82, 2.24) is 4.98 Å². The SMILES string of the molecule is CC[C@@H](C(=O)O)C1CCC(Oc2ccncc2C(F)(F)F)CC1. The van der Waals surface area contributed by atoms with Gasteiger partial charge in [-0.1, -0.05) is 6.92 Å². The van der Waals surface area contributed by atoms with Crippen LogP contribution in [0.15, 0.2) is 18.5 Å². The molecule has 1 aromatic rings. The Bertz CT molecular complexity index is 540. The summed E-state index contributed by atoms with van der Waals surface area (Å²) in [5, 5.41) is 9.19. The zero-order chi connectivity index (χ0) is 17.0. The zero-order valence-electron chi connectivity index (χ0n) is 12.8. The monoisotopic (exact) mass is 331 g/mol. The van der Waals surface area contributed by atoms with E-state index in [2.05, 4.69) is 4.98 Å². The van der Waals surface area contributed by atoms with Crippen molar-refractivity contribution >= 4 is 5.97 Å². The average Bonchev–Trinajstić information content (AvgIpc) is 2.49. The molecule has 23 heavy (non-hydrogen) atoms. The van der Waals surface area contributed by atoms with Crippen LogP contribution >= 0.6 is 0 Å². The molecule has 0 aliphatic heterocycles. The van der Waals surface area contributed by atoms with Gasteiger partial charge in [0, 0.05) is 12.4 Å². The van der Waals surface area contributed by atoms with Gasteiger partial charge in [-0.15, -0.1) is 0 Å². The van der Waals surface area contributed by atoms with Crippen LogP contribution < -0.4 is 4.74 Å². The summed E-state index contributed by atoms with van der Waals surface area (Å²) in [6.45, 7) is 1.84. The second-order valence-corrected chi connectivity index (χ2v) is 5.88. The standard InChI is InChI=1S/C16H20F3NO3/c1-2-12(15(21)22)10-3-5-11(6-4-10)23-14-7-8-20-9-13(14)16(17,18)19/h7-12H,2-6H2,1H3,(H,21,22)/t10?,11?,12-/m1/s1. The number of hydrogen-bond donors (Lipinski definition) is 1. The Morgan fingerprint density at radius 3 is 2.57 bits per heavy atom. The number of carbonyl (C=O) groups is 1. The summed E-state index contributed by atoms with van der Waals surface area (Å²) in [4.78, 5) is 14.7. The topological polar surface area (TPSA) is 59.4 Å². The van der Waals surface area contributed by atoms with Crippen molar-refractivity contribution in [2.75, 3.05) is 0 Å². The lowest BCUT2D eigenvalue weighted by Crippen LogP contribution is -2.31. The van der Waals surface area contributed by atoms with Gasteiger partial charge in [-0.05, 0) is 44.1 Å². The van der Waals surface area contributed by atoms with Gasteiger partial charge in [0.1, 0.15) is 11.3 Å². The third-order valence-electron chi connectivity index (χ3n) is 4.43. The van der Waals surface area contributed by atoms with Gasteiger partial charge in [0.05, 0.1) is 12.0 Å². The van der Waals surface area contributed by atoms with Crippen LogP contribution in [-0.2, 0) is 11.0 Å². The predicted octanol–water partition coefficient (Wildman–Crippen LogP) is 4.15. The first-order valence-electron chi connectivity index (χ1n) is 7.73. The van der Waals surface area contributed by atoms with Gasteiger partial charge in [0.15, 0.2) is 0 Å². The molecule has 0 bridgehead atoms. The number of carboxylic acids is 1. The smallest absolute Gasteiger partial charge is 0.421 e. The molecule has 0 saturated heterocycles. The van der Waals surface area contributed by atoms with Gasteiger partial charge < -0.3 is 9.84 Å². The summed E-state index contributed by atoms with van der Waals surface area (Å²) in [6.07, 6.45) is 0.213. The van der Waals surface area contributed by atoms with Crippen LogP contribution in [0, 0.1) is 11.8 Å². The maximum atomic E-state index is 12.9. The van der Waals surface area contributed by atoms with Crippen molar-refractivity contribution in [2.45, 2.75) is 51.3 Å². The van der Waals surface area contributed by atoms with E-state index < -0.39 is 17.7 Å². The summed E-state index contributed by atoms with van der Waals surface area (Å²) >= 11 is 0. The molecule has 2 rings (SSSR count). The fourth-order valence-corrected chi connectivity index (χ4v) is 3.20. The van der Waals surface area contributed by atoms with E-state index in [0.717, 1.165) is 6.20 Å². The second kappa shape index (κ2) is 7.19. The van der Waals surface area contributed by atoms with Gasteiger partial charge in [-0.25, -0.2) is 0 Å². The van der Waals surface area contributed by atoms with Crippen LogP contribution in [0.3, 0.4) is 0 Å². The van der Waals surface area contributed by atoms with Gasteiger partial charge >= 0.3 is 12.1 Å². The van der Waals surface area contributed by atoms with Crippen LogP contribution in [0.25, 0.3) is 0 Å². The maximum absolute atomic E-state index is 12.9. The minimum atomic E-state index is -4.50. The molecular weight excluding hydrogens is 311 g/mol. The first kappa shape index (κ1) is 17.6. The van der Waals surface area contributed by atoms with E-state index in [1.165, 1.54) is 12.3 Å². The average molecular weight is 331 g/mol. The Kier molecular flexibility index (Phi) is 5.49. The van der Waals surface area contributed by atoms with Crippen LogP contribution in [0.5, 0.6) is 5.75 Å². The molecule has 1 fully saturated rings. The minimum absolute atomic E-state index is 0.0666. The van der Waals surface area contributed by atoms with Crippen molar-refractivity contribution in [3.8, 4) is 5.75 Å². The lowest BCUT2D eigenvalue weighted by molar-refractivity contribution is -0.145. The van der Waals surface area contributed by atoms with Gasteiger partial charge in [-0.2, -0.15) is 13.2 Å². The quantitative estimate of drug-likeness (QED) is 0.880. The fourth-order valence-electron chi connectivity index (χ4n) is 3.20. The maximum Gasteiger partial charge on any atom is 0.421 e. The number of rotatable bonds is 5. The number of nitrogens with zero attached hydrogens (tertiary/aromatic N) is 1.